The normalized spacial score (nSPS) is 13.2. The van der Waals surface area contributed by atoms with Crippen LogP contribution >= 0.6 is 0 Å². The summed E-state index contributed by atoms with van der Waals surface area (Å²) < 4.78 is 0. The second-order valence-electron chi connectivity index (χ2n) is 4.69. The summed E-state index contributed by atoms with van der Waals surface area (Å²) in [6, 6.07) is 0. The Balaban J connectivity index is 3.37. The first kappa shape index (κ1) is 12.5. The Labute approximate surface area is 83.7 Å². The Morgan fingerprint density at radius 2 is 1.54 bits per heavy atom. The zero-order valence-corrected chi connectivity index (χ0v) is 9.64. The number of hydrogen-bond acceptors (Lipinski definition) is 0. The molecule has 0 aliphatic carbocycles. The molecular weight excluding hydrogens is 156 g/mol. The minimum atomic E-state index is 0.476. The molecule has 0 amide bonds. The molecule has 0 aromatic rings. The fraction of sp³-hybridized carbons (Fsp3) is 0.692. The largest absolute Gasteiger partial charge is 0.0885 e. The van der Waals surface area contributed by atoms with Crippen molar-refractivity contribution in [2.75, 3.05) is 0 Å². The van der Waals surface area contributed by atoms with Crippen molar-refractivity contribution in [3.05, 3.63) is 24.3 Å². The summed E-state index contributed by atoms with van der Waals surface area (Å²) in [6.45, 7) is 9.04. The van der Waals surface area contributed by atoms with Crippen molar-refractivity contribution in [2.45, 2.75) is 53.4 Å². The van der Waals surface area contributed by atoms with Gasteiger partial charge in [-0.1, -0.05) is 52.0 Å². The van der Waals surface area contributed by atoms with Crippen LogP contribution in [0.1, 0.15) is 53.4 Å². The molecule has 13 heavy (non-hydrogen) atoms. The first-order valence-corrected chi connectivity index (χ1v) is 5.36. The third kappa shape index (κ3) is 11.5. The lowest BCUT2D eigenvalue weighted by atomic mass is 9.90. The molecule has 0 saturated heterocycles. The fourth-order valence-electron chi connectivity index (χ4n) is 1.07. The molecule has 0 aromatic heterocycles. The summed E-state index contributed by atoms with van der Waals surface area (Å²) in [5, 5.41) is 0. The molecule has 0 atom stereocenters. The van der Waals surface area contributed by atoms with Gasteiger partial charge in [0.25, 0.3) is 0 Å². The topological polar surface area (TPSA) is 0 Å². The summed E-state index contributed by atoms with van der Waals surface area (Å²) in [6.07, 6.45) is 13.7. The van der Waals surface area contributed by atoms with E-state index in [1.807, 2.05) is 0 Å². The van der Waals surface area contributed by atoms with Gasteiger partial charge in [-0.3, -0.25) is 0 Å². The van der Waals surface area contributed by atoms with Gasteiger partial charge in [0.2, 0.25) is 0 Å². The number of rotatable bonds is 5. The highest BCUT2D eigenvalue weighted by Gasteiger charge is 2.07. The van der Waals surface area contributed by atoms with E-state index in [4.69, 9.17) is 0 Å². The molecule has 0 nitrogen and oxygen atoms in total. The predicted molar refractivity (Wildman–Crippen MR) is 61.9 cm³/mol. The van der Waals surface area contributed by atoms with E-state index in [2.05, 4.69) is 52.0 Å². The second kappa shape index (κ2) is 6.94. The van der Waals surface area contributed by atoms with Gasteiger partial charge in [-0.15, -0.1) is 0 Å². The van der Waals surface area contributed by atoms with Crippen LogP contribution in [0.4, 0.5) is 0 Å². The van der Waals surface area contributed by atoms with Crippen LogP contribution in [-0.4, -0.2) is 0 Å². The van der Waals surface area contributed by atoms with Crippen molar-refractivity contribution in [3.63, 3.8) is 0 Å². The Hall–Kier alpha value is -0.520. The summed E-state index contributed by atoms with van der Waals surface area (Å²) in [4.78, 5) is 0. The van der Waals surface area contributed by atoms with Crippen molar-refractivity contribution in [3.8, 4) is 0 Å². The molecule has 0 N–H and O–H groups in total. The van der Waals surface area contributed by atoms with E-state index in [0.717, 1.165) is 12.8 Å². The molecule has 76 valence electrons. The summed E-state index contributed by atoms with van der Waals surface area (Å²) in [5.41, 5.74) is 0.476. The van der Waals surface area contributed by atoms with Gasteiger partial charge >= 0.3 is 0 Å². The third-order valence-corrected chi connectivity index (χ3v) is 1.90. The zero-order valence-electron chi connectivity index (χ0n) is 9.64. The van der Waals surface area contributed by atoms with Crippen LogP contribution in [0.15, 0.2) is 24.3 Å². The van der Waals surface area contributed by atoms with Crippen LogP contribution in [-0.2, 0) is 0 Å². The average molecular weight is 180 g/mol. The maximum absolute atomic E-state index is 2.30. The summed E-state index contributed by atoms with van der Waals surface area (Å²) in [5.74, 6) is 0. The lowest BCUT2D eigenvalue weighted by molar-refractivity contribution is 0.381. The standard InChI is InChI=1S/C13H24/c1-5-6-7-8-9-10-11-12-13(2,3)4/h6-7,9-10H,5,8,11-12H2,1-4H3/b7-6-,10-9-. The maximum atomic E-state index is 2.30. The molecule has 0 heteroatoms. The molecule has 0 saturated carbocycles. The van der Waals surface area contributed by atoms with Gasteiger partial charge in [0, 0.05) is 0 Å². The highest BCUT2D eigenvalue weighted by molar-refractivity contribution is 4.92. The summed E-state index contributed by atoms with van der Waals surface area (Å²) >= 11 is 0. The van der Waals surface area contributed by atoms with Crippen LogP contribution in [0, 0.1) is 5.41 Å². The van der Waals surface area contributed by atoms with Crippen molar-refractivity contribution in [2.24, 2.45) is 5.41 Å². The molecular formula is C13H24. The first-order chi connectivity index (χ1) is 6.06. The van der Waals surface area contributed by atoms with Crippen LogP contribution in [0.5, 0.6) is 0 Å². The Bertz CT molecular complexity index is 155. The van der Waals surface area contributed by atoms with Crippen LogP contribution in [0.25, 0.3) is 0 Å². The summed E-state index contributed by atoms with van der Waals surface area (Å²) in [7, 11) is 0. The lowest BCUT2D eigenvalue weighted by Gasteiger charge is -2.15. The van der Waals surface area contributed by atoms with E-state index >= 15 is 0 Å². The molecule has 0 heterocycles. The molecule has 0 aliphatic rings. The van der Waals surface area contributed by atoms with E-state index in [1.54, 1.807) is 0 Å². The smallest absolute Gasteiger partial charge is 0.0169 e. The van der Waals surface area contributed by atoms with Gasteiger partial charge in [0.1, 0.15) is 0 Å². The molecule has 0 rings (SSSR count). The van der Waals surface area contributed by atoms with Gasteiger partial charge in [-0.2, -0.15) is 0 Å². The fourth-order valence-corrected chi connectivity index (χ4v) is 1.07. The van der Waals surface area contributed by atoms with Crippen LogP contribution in [0.3, 0.4) is 0 Å². The predicted octanol–water partition coefficient (Wildman–Crippen LogP) is 4.73. The van der Waals surface area contributed by atoms with E-state index < -0.39 is 0 Å². The van der Waals surface area contributed by atoms with E-state index in [0.29, 0.717) is 5.41 Å². The van der Waals surface area contributed by atoms with Gasteiger partial charge < -0.3 is 0 Å². The van der Waals surface area contributed by atoms with Crippen molar-refractivity contribution in [1.82, 2.24) is 0 Å². The Kier molecular flexibility index (Phi) is 6.66. The quantitative estimate of drug-likeness (QED) is 0.537. The minimum Gasteiger partial charge on any atom is -0.0885 e. The molecule has 0 aromatic carbocycles. The maximum Gasteiger partial charge on any atom is -0.0169 e. The average Bonchev–Trinajstić information content (AvgIpc) is 2.01. The second-order valence-corrected chi connectivity index (χ2v) is 4.69. The van der Waals surface area contributed by atoms with Gasteiger partial charge in [-0.05, 0) is 31.1 Å². The first-order valence-electron chi connectivity index (χ1n) is 5.36. The van der Waals surface area contributed by atoms with E-state index in [1.165, 1.54) is 12.8 Å². The van der Waals surface area contributed by atoms with Crippen molar-refractivity contribution < 1.29 is 0 Å². The van der Waals surface area contributed by atoms with E-state index in [-0.39, 0.29) is 0 Å². The number of allylic oxidation sites excluding steroid dienone is 4. The molecule has 0 radical (unpaired) electrons. The van der Waals surface area contributed by atoms with Gasteiger partial charge in [0.05, 0.1) is 0 Å². The third-order valence-electron chi connectivity index (χ3n) is 1.90. The lowest BCUT2D eigenvalue weighted by Crippen LogP contribution is -2.02. The molecule has 0 aliphatic heterocycles. The molecule has 0 bridgehead atoms. The Morgan fingerprint density at radius 1 is 0.923 bits per heavy atom. The molecule has 0 fully saturated rings. The number of hydrogen-bond donors (Lipinski definition) is 0. The zero-order chi connectivity index (χ0) is 10.2. The van der Waals surface area contributed by atoms with Gasteiger partial charge in [-0.25, -0.2) is 0 Å². The van der Waals surface area contributed by atoms with Crippen molar-refractivity contribution in [1.29, 1.82) is 0 Å². The van der Waals surface area contributed by atoms with Crippen LogP contribution < -0.4 is 0 Å². The molecule has 0 spiro atoms. The highest BCUT2D eigenvalue weighted by atomic mass is 14.1. The molecule has 0 unspecified atom stereocenters. The van der Waals surface area contributed by atoms with Gasteiger partial charge in [0.15, 0.2) is 0 Å². The SMILES string of the molecule is CC/C=C\C/C=C\CCC(C)(C)C. The van der Waals surface area contributed by atoms with E-state index in [9.17, 15) is 0 Å². The monoisotopic (exact) mass is 180 g/mol. The Morgan fingerprint density at radius 3 is 2.08 bits per heavy atom. The van der Waals surface area contributed by atoms with Crippen molar-refractivity contribution >= 4 is 0 Å². The van der Waals surface area contributed by atoms with Crippen LogP contribution in [0.2, 0.25) is 0 Å². The highest BCUT2D eigenvalue weighted by Crippen LogP contribution is 2.20. The minimum absolute atomic E-state index is 0.476.